The SMILES string of the molecule is CCCC1CN(c2ncc(-c3ccc(-c4cn[nH]c4)cc3O)nn2)CCN1. The van der Waals surface area contributed by atoms with Crippen molar-refractivity contribution in [2.75, 3.05) is 24.5 Å². The van der Waals surface area contributed by atoms with E-state index < -0.39 is 0 Å². The summed E-state index contributed by atoms with van der Waals surface area (Å²) in [6.45, 7) is 4.87. The van der Waals surface area contributed by atoms with Gasteiger partial charge < -0.3 is 15.3 Å². The number of benzene rings is 1. The summed E-state index contributed by atoms with van der Waals surface area (Å²) in [7, 11) is 0. The van der Waals surface area contributed by atoms with Gasteiger partial charge in [0.2, 0.25) is 5.95 Å². The number of H-pyrrole nitrogens is 1. The van der Waals surface area contributed by atoms with E-state index in [0.717, 1.165) is 43.6 Å². The first-order valence-electron chi connectivity index (χ1n) is 9.25. The van der Waals surface area contributed by atoms with Crippen LogP contribution in [0.4, 0.5) is 5.95 Å². The number of nitrogens with zero attached hydrogens (tertiary/aromatic N) is 5. The highest BCUT2D eigenvalue weighted by atomic mass is 16.3. The fourth-order valence-electron chi connectivity index (χ4n) is 3.42. The van der Waals surface area contributed by atoms with Gasteiger partial charge in [-0.1, -0.05) is 19.4 Å². The van der Waals surface area contributed by atoms with Gasteiger partial charge in [0.25, 0.3) is 0 Å². The molecular weight excluding hydrogens is 342 g/mol. The van der Waals surface area contributed by atoms with E-state index in [1.54, 1.807) is 24.7 Å². The van der Waals surface area contributed by atoms with Gasteiger partial charge in [-0.15, -0.1) is 10.2 Å². The molecule has 0 radical (unpaired) electrons. The summed E-state index contributed by atoms with van der Waals surface area (Å²) in [6, 6.07) is 5.90. The minimum Gasteiger partial charge on any atom is -0.507 e. The minimum atomic E-state index is 0.141. The summed E-state index contributed by atoms with van der Waals surface area (Å²) in [6.07, 6.45) is 7.45. The van der Waals surface area contributed by atoms with Crippen molar-refractivity contribution >= 4 is 5.95 Å². The van der Waals surface area contributed by atoms with Crippen molar-refractivity contribution < 1.29 is 5.11 Å². The van der Waals surface area contributed by atoms with Crippen LogP contribution in [0.15, 0.2) is 36.8 Å². The Kier molecular flexibility index (Phi) is 4.97. The molecule has 0 saturated carbocycles. The Morgan fingerprint density at radius 2 is 2.15 bits per heavy atom. The van der Waals surface area contributed by atoms with Gasteiger partial charge in [0.05, 0.1) is 12.4 Å². The normalized spacial score (nSPS) is 17.2. The Bertz CT molecular complexity index is 878. The summed E-state index contributed by atoms with van der Waals surface area (Å²) in [5.41, 5.74) is 2.95. The molecule has 2 aromatic heterocycles. The van der Waals surface area contributed by atoms with Crippen molar-refractivity contribution in [3.8, 4) is 28.1 Å². The zero-order valence-electron chi connectivity index (χ0n) is 15.3. The zero-order valence-corrected chi connectivity index (χ0v) is 15.3. The van der Waals surface area contributed by atoms with Crippen molar-refractivity contribution in [2.24, 2.45) is 0 Å². The number of hydrogen-bond acceptors (Lipinski definition) is 7. The molecule has 27 heavy (non-hydrogen) atoms. The Morgan fingerprint density at radius 3 is 2.85 bits per heavy atom. The van der Waals surface area contributed by atoms with Crippen LogP contribution in [0, 0.1) is 0 Å². The molecule has 140 valence electrons. The molecule has 1 atom stereocenters. The van der Waals surface area contributed by atoms with Gasteiger partial charge in [0.15, 0.2) is 0 Å². The van der Waals surface area contributed by atoms with Crippen molar-refractivity contribution in [3.05, 3.63) is 36.8 Å². The molecule has 4 rings (SSSR count). The third kappa shape index (κ3) is 3.75. The highest BCUT2D eigenvalue weighted by molar-refractivity contribution is 5.73. The summed E-state index contributed by atoms with van der Waals surface area (Å²) in [5, 5.41) is 29.2. The Labute approximate surface area is 157 Å². The summed E-state index contributed by atoms with van der Waals surface area (Å²) in [5.74, 6) is 0.776. The fraction of sp³-hybridized carbons (Fsp3) is 0.368. The average molecular weight is 365 g/mol. The van der Waals surface area contributed by atoms with Crippen molar-refractivity contribution in [3.63, 3.8) is 0 Å². The number of anilines is 1. The average Bonchev–Trinajstić information content (AvgIpc) is 3.23. The predicted octanol–water partition coefficient (Wildman–Crippen LogP) is 2.21. The predicted molar refractivity (Wildman–Crippen MR) is 103 cm³/mol. The lowest BCUT2D eigenvalue weighted by Gasteiger charge is -2.33. The molecule has 3 aromatic rings. The smallest absolute Gasteiger partial charge is 0.245 e. The van der Waals surface area contributed by atoms with Crippen LogP contribution >= 0.6 is 0 Å². The van der Waals surface area contributed by atoms with E-state index in [-0.39, 0.29) is 5.75 Å². The highest BCUT2D eigenvalue weighted by Gasteiger charge is 2.21. The van der Waals surface area contributed by atoms with Crippen LogP contribution in [0.25, 0.3) is 22.4 Å². The number of phenolic OH excluding ortho intramolecular Hbond substituents is 1. The quantitative estimate of drug-likeness (QED) is 0.637. The topological polar surface area (TPSA) is 103 Å². The summed E-state index contributed by atoms with van der Waals surface area (Å²) >= 11 is 0. The molecule has 0 spiro atoms. The molecule has 0 amide bonds. The molecule has 1 aliphatic rings. The monoisotopic (exact) mass is 365 g/mol. The van der Waals surface area contributed by atoms with Crippen LogP contribution in [-0.2, 0) is 0 Å². The van der Waals surface area contributed by atoms with Crippen molar-refractivity contribution in [1.82, 2.24) is 30.7 Å². The first-order chi connectivity index (χ1) is 13.2. The molecular formula is C19H23N7O. The molecule has 3 N–H and O–H groups in total. The molecule has 1 unspecified atom stereocenters. The zero-order chi connectivity index (χ0) is 18.6. The number of piperazine rings is 1. The van der Waals surface area contributed by atoms with Crippen LogP contribution in [0.1, 0.15) is 19.8 Å². The van der Waals surface area contributed by atoms with E-state index in [2.05, 4.69) is 42.5 Å². The first-order valence-corrected chi connectivity index (χ1v) is 9.25. The lowest BCUT2D eigenvalue weighted by atomic mass is 10.0. The number of aromatic nitrogens is 5. The first kappa shape index (κ1) is 17.4. The van der Waals surface area contributed by atoms with Crippen LogP contribution in [0.2, 0.25) is 0 Å². The minimum absolute atomic E-state index is 0.141. The second-order valence-electron chi connectivity index (χ2n) is 6.75. The van der Waals surface area contributed by atoms with Gasteiger partial charge >= 0.3 is 0 Å². The lowest BCUT2D eigenvalue weighted by Crippen LogP contribution is -2.51. The molecule has 8 nitrogen and oxygen atoms in total. The summed E-state index contributed by atoms with van der Waals surface area (Å²) in [4.78, 5) is 6.65. The third-order valence-electron chi connectivity index (χ3n) is 4.83. The molecule has 1 fully saturated rings. The number of phenols is 1. The molecule has 3 heterocycles. The molecule has 1 saturated heterocycles. The van der Waals surface area contributed by atoms with Gasteiger partial charge in [-0.3, -0.25) is 5.10 Å². The van der Waals surface area contributed by atoms with Crippen molar-refractivity contribution in [2.45, 2.75) is 25.8 Å². The fourth-order valence-corrected chi connectivity index (χ4v) is 3.42. The van der Waals surface area contributed by atoms with E-state index in [4.69, 9.17) is 0 Å². The summed E-state index contributed by atoms with van der Waals surface area (Å²) < 4.78 is 0. The van der Waals surface area contributed by atoms with Gasteiger partial charge in [0.1, 0.15) is 11.4 Å². The number of hydrogen-bond donors (Lipinski definition) is 3. The van der Waals surface area contributed by atoms with Crippen LogP contribution < -0.4 is 10.2 Å². The van der Waals surface area contributed by atoms with Gasteiger partial charge in [0, 0.05) is 43.0 Å². The number of aromatic hydroxyl groups is 1. The third-order valence-corrected chi connectivity index (χ3v) is 4.83. The van der Waals surface area contributed by atoms with Crippen LogP contribution in [0.3, 0.4) is 0 Å². The number of aromatic amines is 1. The maximum absolute atomic E-state index is 10.4. The Morgan fingerprint density at radius 1 is 1.22 bits per heavy atom. The molecule has 8 heteroatoms. The molecule has 0 aliphatic carbocycles. The molecule has 1 aliphatic heterocycles. The Balaban J connectivity index is 1.52. The number of nitrogens with one attached hydrogen (secondary N) is 2. The maximum atomic E-state index is 10.4. The number of rotatable bonds is 5. The van der Waals surface area contributed by atoms with Gasteiger partial charge in [-0.05, 0) is 24.1 Å². The van der Waals surface area contributed by atoms with Gasteiger partial charge in [-0.2, -0.15) is 5.10 Å². The van der Waals surface area contributed by atoms with Crippen LogP contribution in [0.5, 0.6) is 5.75 Å². The van der Waals surface area contributed by atoms with E-state index in [0.29, 0.717) is 23.2 Å². The maximum Gasteiger partial charge on any atom is 0.245 e. The Hall–Kier alpha value is -3.00. The largest absolute Gasteiger partial charge is 0.507 e. The van der Waals surface area contributed by atoms with E-state index in [1.807, 2.05) is 12.1 Å². The van der Waals surface area contributed by atoms with E-state index in [1.165, 1.54) is 0 Å². The second-order valence-corrected chi connectivity index (χ2v) is 6.75. The van der Waals surface area contributed by atoms with E-state index in [9.17, 15) is 5.11 Å². The molecule has 1 aromatic carbocycles. The molecule has 0 bridgehead atoms. The standard InChI is InChI=1S/C19H23N7O/c1-2-3-15-12-26(7-6-20-15)19-21-11-17(24-25-19)16-5-4-13(8-18(16)27)14-9-22-23-10-14/h4-5,8-11,15,20,27H,2-3,6-7,12H2,1H3,(H,22,23). The highest BCUT2D eigenvalue weighted by Crippen LogP contribution is 2.31. The van der Waals surface area contributed by atoms with Crippen molar-refractivity contribution in [1.29, 1.82) is 0 Å². The van der Waals surface area contributed by atoms with Crippen LogP contribution in [-0.4, -0.2) is 56.2 Å². The van der Waals surface area contributed by atoms with E-state index >= 15 is 0 Å². The lowest BCUT2D eigenvalue weighted by molar-refractivity contribution is 0.426. The second kappa shape index (κ2) is 7.71. The van der Waals surface area contributed by atoms with Gasteiger partial charge in [-0.25, -0.2) is 4.98 Å².